The second kappa shape index (κ2) is 5.51. The Labute approximate surface area is 95.3 Å². The summed E-state index contributed by atoms with van der Waals surface area (Å²) in [6.45, 7) is 3.76. The Morgan fingerprint density at radius 3 is 2.75 bits per heavy atom. The zero-order chi connectivity index (χ0) is 12.1. The molecule has 4 heteroatoms. The predicted octanol–water partition coefficient (Wildman–Crippen LogP) is 1.57. The molecule has 0 heterocycles. The standard InChI is InChI=1S/C12H17NO3/c1-8-4-5-11(10(6-8)9(2)13)16-7-12(14)15-3/h4-6,9H,7,13H2,1-3H3. The highest BCUT2D eigenvalue weighted by Crippen LogP contribution is 2.24. The summed E-state index contributed by atoms with van der Waals surface area (Å²) in [5.41, 5.74) is 7.83. The Morgan fingerprint density at radius 1 is 1.50 bits per heavy atom. The van der Waals surface area contributed by atoms with Crippen molar-refractivity contribution >= 4 is 5.97 Å². The average Bonchev–Trinajstić information content (AvgIpc) is 2.26. The maximum atomic E-state index is 11.0. The highest BCUT2D eigenvalue weighted by Gasteiger charge is 2.10. The van der Waals surface area contributed by atoms with E-state index in [1.54, 1.807) is 0 Å². The molecule has 1 aromatic carbocycles. The number of methoxy groups -OCH3 is 1. The molecule has 1 atom stereocenters. The fourth-order valence-corrected chi connectivity index (χ4v) is 1.35. The Bertz CT molecular complexity index is 375. The maximum absolute atomic E-state index is 11.0. The Morgan fingerprint density at radius 2 is 2.19 bits per heavy atom. The second-order valence-electron chi connectivity index (χ2n) is 3.69. The number of esters is 1. The molecular weight excluding hydrogens is 206 g/mol. The summed E-state index contributed by atoms with van der Waals surface area (Å²) >= 11 is 0. The molecule has 1 unspecified atom stereocenters. The third kappa shape index (κ3) is 3.24. The van der Waals surface area contributed by atoms with E-state index >= 15 is 0 Å². The lowest BCUT2D eigenvalue weighted by Gasteiger charge is -2.14. The smallest absolute Gasteiger partial charge is 0.343 e. The Hall–Kier alpha value is -1.55. The average molecular weight is 223 g/mol. The second-order valence-corrected chi connectivity index (χ2v) is 3.69. The summed E-state index contributed by atoms with van der Waals surface area (Å²) in [5, 5.41) is 0. The van der Waals surface area contributed by atoms with Crippen molar-refractivity contribution in [2.45, 2.75) is 19.9 Å². The van der Waals surface area contributed by atoms with Gasteiger partial charge >= 0.3 is 5.97 Å². The van der Waals surface area contributed by atoms with Crippen LogP contribution in [0.4, 0.5) is 0 Å². The third-order valence-electron chi connectivity index (χ3n) is 2.23. The summed E-state index contributed by atoms with van der Waals surface area (Å²) in [7, 11) is 1.33. The predicted molar refractivity (Wildman–Crippen MR) is 61.3 cm³/mol. The zero-order valence-electron chi connectivity index (χ0n) is 9.82. The van der Waals surface area contributed by atoms with Gasteiger partial charge in [-0.25, -0.2) is 4.79 Å². The van der Waals surface area contributed by atoms with Gasteiger partial charge < -0.3 is 15.2 Å². The normalized spacial score (nSPS) is 12.0. The minimum Gasteiger partial charge on any atom is -0.482 e. The van der Waals surface area contributed by atoms with E-state index in [0.717, 1.165) is 11.1 Å². The van der Waals surface area contributed by atoms with Gasteiger partial charge in [-0.2, -0.15) is 0 Å². The first-order valence-electron chi connectivity index (χ1n) is 5.10. The van der Waals surface area contributed by atoms with Crippen molar-refractivity contribution in [3.63, 3.8) is 0 Å². The van der Waals surface area contributed by atoms with Crippen LogP contribution in [-0.4, -0.2) is 19.7 Å². The molecule has 0 aliphatic heterocycles. The van der Waals surface area contributed by atoms with E-state index < -0.39 is 5.97 Å². The van der Waals surface area contributed by atoms with Gasteiger partial charge in [-0.1, -0.05) is 17.7 Å². The number of nitrogens with two attached hydrogens (primary N) is 1. The van der Waals surface area contributed by atoms with Gasteiger partial charge in [0.1, 0.15) is 5.75 Å². The van der Waals surface area contributed by atoms with E-state index in [-0.39, 0.29) is 12.6 Å². The number of ether oxygens (including phenoxy) is 2. The first-order chi connectivity index (χ1) is 7.54. The molecule has 1 aromatic rings. The van der Waals surface area contributed by atoms with Gasteiger partial charge in [0.15, 0.2) is 6.61 Å². The maximum Gasteiger partial charge on any atom is 0.343 e. The van der Waals surface area contributed by atoms with Crippen molar-refractivity contribution in [2.75, 3.05) is 13.7 Å². The van der Waals surface area contributed by atoms with Gasteiger partial charge in [0.05, 0.1) is 7.11 Å². The van der Waals surface area contributed by atoms with Crippen molar-refractivity contribution in [1.29, 1.82) is 0 Å². The first-order valence-corrected chi connectivity index (χ1v) is 5.10. The van der Waals surface area contributed by atoms with E-state index in [1.165, 1.54) is 7.11 Å². The Balaban J connectivity index is 2.82. The number of aryl methyl sites for hydroxylation is 1. The van der Waals surface area contributed by atoms with Crippen molar-refractivity contribution in [1.82, 2.24) is 0 Å². The lowest BCUT2D eigenvalue weighted by atomic mass is 10.1. The number of hydrogen-bond donors (Lipinski definition) is 1. The molecule has 0 aliphatic carbocycles. The van der Waals surface area contributed by atoms with Crippen LogP contribution in [0.15, 0.2) is 18.2 Å². The lowest BCUT2D eigenvalue weighted by Crippen LogP contribution is -2.15. The molecule has 2 N–H and O–H groups in total. The first kappa shape index (κ1) is 12.5. The summed E-state index contributed by atoms with van der Waals surface area (Å²) in [4.78, 5) is 11.0. The molecule has 0 amide bonds. The van der Waals surface area contributed by atoms with Crippen LogP contribution in [-0.2, 0) is 9.53 Å². The van der Waals surface area contributed by atoms with E-state index in [0.29, 0.717) is 5.75 Å². The minimum atomic E-state index is -0.406. The molecule has 0 aliphatic rings. The highest BCUT2D eigenvalue weighted by atomic mass is 16.6. The van der Waals surface area contributed by atoms with Gasteiger partial charge in [0, 0.05) is 11.6 Å². The summed E-state index contributed by atoms with van der Waals surface area (Å²) in [6, 6.07) is 5.56. The van der Waals surface area contributed by atoms with Crippen molar-refractivity contribution in [2.24, 2.45) is 5.73 Å². The largest absolute Gasteiger partial charge is 0.482 e. The summed E-state index contributed by atoms with van der Waals surface area (Å²) < 4.78 is 9.85. The molecule has 0 aromatic heterocycles. The molecule has 0 radical (unpaired) electrons. The fourth-order valence-electron chi connectivity index (χ4n) is 1.35. The van der Waals surface area contributed by atoms with E-state index in [2.05, 4.69) is 4.74 Å². The molecule has 88 valence electrons. The summed E-state index contributed by atoms with van der Waals surface area (Å²) in [6.07, 6.45) is 0. The molecule has 0 saturated heterocycles. The van der Waals surface area contributed by atoms with E-state index in [9.17, 15) is 4.79 Å². The van der Waals surface area contributed by atoms with Gasteiger partial charge in [-0.3, -0.25) is 0 Å². The fraction of sp³-hybridized carbons (Fsp3) is 0.417. The van der Waals surface area contributed by atoms with E-state index in [4.69, 9.17) is 10.5 Å². The van der Waals surface area contributed by atoms with E-state index in [1.807, 2.05) is 32.0 Å². The van der Waals surface area contributed by atoms with Crippen LogP contribution >= 0.6 is 0 Å². The van der Waals surface area contributed by atoms with Crippen LogP contribution in [0, 0.1) is 6.92 Å². The Kier molecular flexibility index (Phi) is 4.31. The monoisotopic (exact) mass is 223 g/mol. The molecule has 0 fully saturated rings. The molecular formula is C12H17NO3. The lowest BCUT2D eigenvalue weighted by molar-refractivity contribution is -0.142. The molecule has 0 spiro atoms. The third-order valence-corrected chi connectivity index (χ3v) is 2.23. The molecule has 1 rings (SSSR count). The quantitative estimate of drug-likeness (QED) is 0.787. The molecule has 0 saturated carbocycles. The van der Waals surface area contributed by atoms with Crippen molar-refractivity contribution in [3.8, 4) is 5.75 Å². The van der Waals surface area contributed by atoms with Crippen LogP contribution < -0.4 is 10.5 Å². The summed E-state index contributed by atoms with van der Waals surface area (Å²) in [5.74, 6) is 0.224. The minimum absolute atomic E-state index is 0.0979. The number of carbonyl (C=O) groups is 1. The number of carbonyl (C=O) groups excluding carboxylic acids is 1. The van der Waals surface area contributed by atoms with Gasteiger partial charge in [0.25, 0.3) is 0 Å². The number of hydrogen-bond acceptors (Lipinski definition) is 4. The molecule has 0 bridgehead atoms. The van der Waals surface area contributed by atoms with Crippen LogP contribution in [0.1, 0.15) is 24.1 Å². The van der Waals surface area contributed by atoms with Crippen LogP contribution in [0.2, 0.25) is 0 Å². The molecule has 16 heavy (non-hydrogen) atoms. The zero-order valence-corrected chi connectivity index (χ0v) is 9.82. The van der Waals surface area contributed by atoms with Crippen LogP contribution in [0.5, 0.6) is 5.75 Å². The van der Waals surface area contributed by atoms with Crippen molar-refractivity contribution < 1.29 is 14.3 Å². The molecule has 4 nitrogen and oxygen atoms in total. The number of rotatable bonds is 4. The van der Waals surface area contributed by atoms with Crippen LogP contribution in [0.3, 0.4) is 0 Å². The topological polar surface area (TPSA) is 61.5 Å². The SMILES string of the molecule is COC(=O)COc1ccc(C)cc1C(C)N. The number of benzene rings is 1. The highest BCUT2D eigenvalue weighted by molar-refractivity contribution is 5.70. The van der Waals surface area contributed by atoms with Crippen LogP contribution in [0.25, 0.3) is 0 Å². The van der Waals surface area contributed by atoms with Crippen molar-refractivity contribution in [3.05, 3.63) is 29.3 Å². The van der Waals surface area contributed by atoms with Gasteiger partial charge in [-0.05, 0) is 19.9 Å². The van der Waals surface area contributed by atoms with Gasteiger partial charge in [0.2, 0.25) is 0 Å². The van der Waals surface area contributed by atoms with Gasteiger partial charge in [-0.15, -0.1) is 0 Å².